The summed E-state index contributed by atoms with van der Waals surface area (Å²) in [6.45, 7) is 0.145. The number of hydrogen-bond acceptors (Lipinski definition) is 3. The number of carbonyl (C=O) groups excluding carboxylic acids is 2. The van der Waals surface area contributed by atoms with Crippen LogP contribution < -0.4 is 5.32 Å². The van der Waals surface area contributed by atoms with Crippen molar-refractivity contribution >= 4 is 27.6 Å². The number of ketones is 1. The lowest BCUT2D eigenvalue weighted by molar-refractivity contribution is -0.117. The summed E-state index contributed by atoms with van der Waals surface area (Å²) in [5.74, 6) is -0.987. The van der Waals surface area contributed by atoms with Crippen molar-refractivity contribution < 1.29 is 14.7 Å². The Morgan fingerprint density at radius 2 is 1.85 bits per heavy atom. The maximum Gasteiger partial charge on any atom is 0.292 e. The zero-order valence-corrected chi connectivity index (χ0v) is 12.7. The molecule has 0 spiro atoms. The van der Waals surface area contributed by atoms with Crippen LogP contribution in [-0.4, -0.2) is 29.4 Å². The van der Waals surface area contributed by atoms with E-state index in [2.05, 4.69) is 21.2 Å². The molecule has 20 heavy (non-hydrogen) atoms. The smallest absolute Gasteiger partial charge is 0.292 e. The monoisotopic (exact) mass is 339 g/mol. The van der Waals surface area contributed by atoms with Gasteiger partial charge in [0.05, 0.1) is 6.10 Å². The number of rotatable bonds is 5. The predicted molar refractivity (Wildman–Crippen MR) is 79.4 cm³/mol. The summed E-state index contributed by atoms with van der Waals surface area (Å²) in [6.07, 6.45) is 3.70. The van der Waals surface area contributed by atoms with Gasteiger partial charge in [0.25, 0.3) is 5.91 Å². The van der Waals surface area contributed by atoms with Gasteiger partial charge in [-0.25, -0.2) is 0 Å². The van der Waals surface area contributed by atoms with Crippen LogP contribution in [0.15, 0.2) is 28.7 Å². The molecule has 1 atom stereocenters. The van der Waals surface area contributed by atoms with Crippen LogP contribution in [0.25, 0.3) is 0 Å². The average molecular weight is 340 g/mol. The number of halogens is 1. The van der Waals surface area contributed by atoms with Gasteiger partial charge < -0.3 is 10.4 Å². The minimum atomic E-state index is -0.663. The second-order valence-corrected chi connectivity index (χ2v) is 6.07. The first-order chi connectivity index (χ1) is 9.58. The van der Waals surface area contributed by atoms with E-state index in [1.807, 2.05) is 0 Å². The summed E-state index contributed by atoms with van der Waals surface area (Å²) in [7, 11) is 0. The van der Waals surface area contributed by atoms with Gasteiger partial charge in [0.2, 0.25) is 5.78 Å². The molecule has 1 aromatic carbocycles. The Kier molecular flexibility index (Phi) is 5.31. The third-order valence-electron chi connectivity index (χ3n) is 3.73. The Morgan fingerprint density at radius 3 is 2.45 bits per heavy atom. The molecule has 4 nitrogen and oxygen atoms in total. The molecule has 1 fully saturated rings. The van der Waals surface area contributed by atoms with Crippen LogP contribution in [0.2, 0.25) is 0 Å². The van der Waals surface area contributed by atoms with Gasteiger partial charge in [-0.3, -0.25) is 9.59 Å². The highest BCUT2D eigenvalue weighted by Crippen LogP contribution is 2.27. The lowest BCUT2D eigenvalue weighted by atomic mass is 10.0. The predicted octanol–water partition coefficient (Wildman–Crippen LogP) is 2.30. The molecule has 108 valence electrons. The minimum Gasteiger partial charge on any atom is -0.391 e. The summed E-state index contributed by atoms with van der Waals surface area (Å²) in [4.78, 5) is 23.6. The Labute approximate surface area is 126 Å². The topological polar surface area (TPSA) is 66.4 Å². The Bertz CT molecular complexity index is 480. The van der Waals surface area contributed by atoms with Gasteiger partial charge in [0.15, 0.2) is 0 Å². The molecule has 1 amide bonds. The van der Waals surface area contributed by atoms with E-state index < -0.39 is 17.8 Å². The molecular weight excluding hydrogens is 322 g/mol. The largest absolute Gasteiger partial charge is 0.391 e. The van der Waals surface area contributed by atoms with E-state index in [0.29, 0.717) is 5.56 Å². The summed E-state index contributed by atoms with van der Waals surface area (Å²) < 4.78 is 0.853. The number of amides is 1. The van der Waals surface area contributed by atoms with Gasteiger partial charge in [0, 0.05) is 16.6 Å². The highest BCUT2D eigenvalue weighted by atomic mass is 79.9. The number of nitrogens with one attached hydrogen (secondary N) is 1. The molecule has 0 heterocycles. The minimum absolute atomic E-state index is 0.145. The summed E-state index contributed by atoms with van der Waals surface area (Å²) >= 11 is 3.27. The first kappa shape index (κ1) is 15.2. The second kappa shape index (κ2) is 6.99. The van der Waals surface area contributed by atoms with Crippen LogP contribution in [0.4, 0.5) is 0 Å². The number of aliphatic hydroxyl groups excluding tert-OH is 1. The highest BCUT2D eigenvalue weighted by molar-refractivity contribution is 9.10. The van der Waals surface area contributed by atoms with Gasteiger partial charge in [-0.2, -0.15) is 0 Å². The summed E-state index contributed by atoms with van der Waals surface area (Å²) in [5, 5.41) is 12.5. The van der Waals surface area contributed by atoms with E-state index >= 15 is 0 Å². The van der Waals surface area contributed by atoms with Gasteiger partial charge in [0.1, 0.15) is 0 Å². The third kappa shape index (κ3) is 3.90. The first-order valence-corrected chi connectivity index (χ1v) is 7.63. The first-order valence-electron chi connectivity index (χ1n) is 6.84. The molecule has 0 radical (unpaired) electrons. The van der Waals surface area contributed by atoms with Crippen molar-refractivity contribution in [2.24, 2.45) is 5.92 Å². The van der Waals surface area contributed by atoms with E-state index in [4.69, 9.17) is 0 Å². The van der Waals surface area contributed by atoms with Crippen LogP contribution in [-0.2, 0) is 4.79 Å². The maximum absolute atomic E-state index is 11.9. The molecule has 0 bridgehead atoms. The Hall–Kier alpha value is -1.20. The second-order valence-electron chi connectivity index (χ2n) is 5.16. The molecule has 1 aromatic rings. The molecule has 1 unspecified atom stereocenters. The number of carbonyl (C=O) groups is 2. The van der Waals surface area contributed by atoms with Gasteiger partial charge in [-0.05, 0) is 43.0 Å². The number of hydrogen-bond donors (Lipinski definition) is 2. The highest BCUT2D eigenvalue weighted by Gasteiger charge is 2.24. The van der Waals surface area contributed by atoms with E-state index in [1.165, 1.54) is 0 Å². The summed E-state index contributed by atoms with van der Waals surface area (Å²) in [5.41, 5.74) is 0.348. The van der Waals surface area contributed by atoms with Crippen LogP contribution in [0.3, 0.4) is 0 Å². The Morgan fingerprint density at radius 1 is 1.25 bits per heavy atom. The van der Waals surface area contributed by atoms with Crippen LogP contribution in [0.5, 0.6) is 0 Å². The third-order valence-corrected chi connectivity index (χ3v) is 4.26. The van der Waals surface area contributed by atoms with Crippen molar-refractivity contribution in [1.82, 2.24) is 5.32 Å². The molecule has 5 heteroatoms. The molecule has 0 aliphatic heterocycles. The van der Waals surface area contributed by atoms with E-state index in [0.717, 1.165) is 30.2 Å². The molecule has 0 saturated heterocycles. The summed E-state index contributed by atoms with van der Waals surface area (Å²) in [6, 6.07) is 6.63. The zero-order chi connectivity index (χ0) is 14.5. The van der Waals surface area contributed by atoms with Crippen molar-refractivity contribution in [3.05, 3.63) is 34.3 Å². The van der Waals surface area contributed by atoms with Crippen molar-refractivity contribution in [2.45, 2.75) is 31.8 Å². The number of benzene rings is 1. The maximum atomic E-state index is 11.9. The lowest BCUT2D eigenvalue weighted by Crippen LogP contribution is -2.39. The SMILES string of the molecule is O=C(NCC(O)C1CCCC1)C(=O)c1ccc(Br)cc1. The van der Waals surface area contributed by atoms with Crippen molar-refractivity contribution in [3.63, 3.8) is 0 Å². The fourth-order valence-corrected chi connectivity index (χ4v) is 2.78. The van der Waals surface area contributed by atoms with E-state index in [1.54, 1.807) is 24.3 Å². The number of aliphatic hydroxyl groups is 1. The van der Waals surface area contributed by atoms with Crippen molar-refractivity contribution in [1.29, 1.82) is 0 Å². The molecule has 1 aliphatic carbocycles. The molecule has 0 aromatic heterocycles. The van der Waals surface area contributed by atoms with Gasteiger partial charge >= 0.3 is 0 Å². The fraction of sp³-hybridized carbons (Fsp3) is 0.467. The van der Waals surface area contributed by atoms with Crippen LogP contribution in [0.1, 0.15) is 36.0 Å². The van der Waals surface area contributed by atoms with Crippen molar-refractivity contribution in [3.8, 4) is 0 Å². The molecule has 2 rings (SSSR count). The van der Waals surface area contributed by atoms with E-state index in [-0.39, 0.29) is 12.5 Å². The fourth-order valence-electron chi connectivity index (χ4n) is 2.52. The quantitative estimate of drug-likeness (QED) is 0.639. The molecule has 2 N–H and O–H groups in total. The lowest BCUT2D eigenvalue weighted by Gasteiger charge is -2.17. The van der Waals surface area contributed by atoms with Crippen molar-refractivity contribution in [2.75, 3.05) is 6.54 Å². The van der Waals surface area contributed by atoms with Crippen LogP contribution >= 0.6 is 15.9 Å². The molecular formula is C15H18BrNO3. The van der Waals surface area contributed by atoms with E-state index in [9.17, 15) is 14.7 Å². The average Bonchev–Trinajstić information content (AvgIpc) is 2.98. The molecule has 1 aliphatic rings. The standard InChI is InChI=1S/C15H18BrNO3/c16-12-7-5-11(6-8-12)14(19)15(20)17-9-13(18)10-3-1-2-4-10/h5-8,10,13,18H,1-4,9H2,(H,17,20). The normalized spacial score (nSPS) is 16.9. The Balaban J connectivity index is 1.84. The van der Waals surface area contributed by atoms with Crippen LogP contribution in [0, 0.1) is 5.92 Å². The zero-order valence-electron chi connectivity index (χ0n) is 11.1. The van der Waals surface area contributed by atoms with Gasteiger partial charge in [-0.15, -0.1) is 0 Å². The number of Topliss-reactive ketones (excluding diaryl/α,β-unsaturated/α-hetero) is 1. The molecule has 1 saturated carbocycles. The van der Waals surface area contributed by atoms with Gasteiger partial charge in [-0.1, -0.05) is 28.8 Å².